The van der Waals surface area contributed by atoms with Crippen molar-refractivity contribution >= 4 is 55.1 Å². The van der Waals surface area contributed by atoms with Gasteiger partial charge in [0.2, 0.25) is 0 Å². The minimum Gasteiger partial charge on any atom is -0.319 e. The number of benzene rings is 2. The fourth-order valence-electron chi connectivity index (χ4n) is 1.45. The van der Waals surface area contributed by atoms with Gasteiger partial charge in [0.1, 0.15) is 5.82 Å². The van der Waals surface area contributed by atoms with Crippen LogP contribution in [0.4, 0.5) is 10.1 Å². The summed E-state index contributed by atoms with van der Waals surface area (Å²) in [6.45, 7) is 0. The Labute approximate surface area is 131 Å². The molecular formula is C13H7Br2ClFNO. The number of carbonyl (C=O) groups excluding carboxylic acids is 1. The molecule has 2 aromatic carbocycles. The third-order valence-corrected chi connectivity index (χ3v) is 3.65. The summed E-state index contributed by atoms with van der Waals surface area (Å²) in [6.07, 6.45) is 0. The number of amides is 1. The highest BCUT2D eigenvalue weighted by Gasteiger charge is 2.13. The van der Waals surface area contributed by atoms with E-state index in [1.54, 1.807) is 24.3 Å². The van der Waals surface area contributed by atoms with Crippen LogP contribution < -0.4 is 5.32 Å². The predicted octanol–water partition coefficient (Wildman–Crippen LogP) is 5.26. The zero-order valence-corrected chi connectivity index (χ0v) is 13.3. The Kier molecular flexibility index (Phi) is 4.60. The van der Waals surface area contributed by atoms with Crippen molar-refractivity contribution in [2.45, 2.75) is 0 Å². The second kappa shape index (κ2) is 6.03. The number of hydrogen-bond acceptors (Lipinski definition) is 1. The molecule has 2 aromatic rings. The van der Waals surface area contributed by atoms with Crippen LogP contribution in [0.15, 0.2) is 45.3 Å². The molecular weight excluding hydrogens is 400 g/mol. The van der Waals surface area contributed by atoms with Gasteiger partial charge in [-0.3, -0.25) is 4.79 Å². The van der Waals surface area contributed by atoms with Gasteiger partial charge in [-0.1, -0.05) is 43.5 Å². The first kappa shape index (κ1) is 14.5. The summed E-state index contributed by atoms with van der Waals surface area (Å²) in [7, 11) is 0. The maximum atomic E-state index is 13.6. The van der Waals surface area contributed by atoms with Gasteiger partial charge in [0, 0.05) is 8.95 Å². The van der Waals surface area contributed by atoms with Crippen LogP contribution in [0.3, 0.4) is 0 Å². The zero-order chi connectivity index (χ0) is 14.0. The highest BCUT2D eigenvalue weighted by atomic mass is 79.9. The second-order valence-corrected chi connectivity index (χ2v) is 5.94. The molecule has 2 rings (SSSR count). The molecule has 0 aliphatic heterocycles. The van der Waals surface area contributed by atoms with Crippen molar-refractivity contribution in [2.24, 2.45) is 0 Å². The highest BCUT2D eigenvalue weighted by Crippen LogP contribution is 2.24. The van der Waals surface area contributed by atoms with Gasteiger partial charge in [0.25, 0.3) is 5.91 Å². The molecule has 0 radical (unpaired) electrons. The van der Waals surface area contributed by atoms with Crippen molar-refractivity contribution in [1.82, 2.24) is 0 Å². The molecule has 0 unspecified atom stereocenters. The van der Waals surface area contributed by atoms with E-state index >= 15 is 0 Å². The number of nitrogens with one attached hydrogen (secondary N) is 1. The summed E-state index contributed by atoms with van der Waals surface area (Å²) in [6, 6.07) is 9.26. The van der Waals surface area contributed by atoms with E-state index in [1.807, 2.05) is 0 Å². The van der Waals surface area contributed by atoms with Crippen LogP contribution in [-0.4, -0.2) is 5.91 Å². The van der Waals surface area contributed by atoms with Crippen LogP contribution in [0.2, 0.25) is 5.02 Å². The molecule has 0 saturated carbocycles. The number of rotatable bonds is 2. The van der Waals surface area contributed by atoms with Crippen LogP contribution in [0, 0.1) is 5.82 Å². The fraction of sp³-hybridized carbons (Fsp3) is 0. The third-order valence-electron chi connectivity index (χ3n) is 2.36. The lowest BCUT2D eigenvalue weighted by Gasteiger charge is -2.08. The van der Waals surface area contributed by atoms with E-state index in [-0.39, 0.29) is 11.3 Å². The SMILES string of the molecule is O=C(Nc1ccc(Br)cc1F)c1ccc(Br)cc1Cl. The molecule has 1 amide bonds. The van der Waals surface area contributed by atoms with Gasteiger partial charge in [-0.15, -0.1) is 0 Å². The molecule has 2 nitrogen and oxygen atoms in total. The van der Waals surface area contributed by atoms with E-state index in [9.17, 15) is 9.18 Å². The van der Waals surface area contributed by atoms with E-state index < -0.39 is 11.7 Å². The molecule has 0 bridgehead atoms. The number of carbonyl (C=O) groups is 1. The van der Waals surface area contributed by atoms with Gasteiger partial charge >= 0.3 is 0 Å². The minimum atomic E-state index is -0.518. The van der Waals surface area contributed by atoms with Crippen LogP contribution >= 0.6 is 43.5 Å². The smallest absolute Gasteiger partial charge is 0.257 e. The first-order valence-electron chi connectivity index (χ1n) is 5.19. The molecule has 6 heteroatoms. The largest absolute Gasteiger partial charge is 0.319 e. The molecule has 0 saturated heterocycles. The summed E-state index contributed by atoms with van der Waals surface area (Å²) >= 11 is 12.4. The van der Waals surface area contributed by atoms with Crippen LogP contribution in [0.5, 0.6) is 0 Å². The summed E-state index contributed by atoms with van der Waals surface area (Å²) in [5.74, 6) is -0.977. The van der Waals surface area contributed by atoms with Gasteiger partial charge in [-0.25, -0.2) is 4.39 Å². The Morgan fingerprint density at radius 2 is 1.74 bits per heavy atom. The Balaban J connectivity index is 2.25. The maximum Gasteiger partial charge on any atom is 0.257 e. The third kappa shape index (κ3) is 3.55. The molecule has 0 aliphatic carbocycles. The zero-order valence-electron chi connectivity index (χ0n) is 9.38. The first-order valence-corrected chi connectivity index (χ1v) is 7.15. The molecule has 0 aromatic heterocycles. The predicted molar refractivity (Wildman–Crippen MR) is 81.2 cm³/mol. The van der Waals surface area contributed by atoms with Crippen molar-refractivity contribution in [2.75, 3.05) is 5.32 Å². The maximum absolute atomic E-state index is 13.6. The lowest BCUT2D eigenvalue weighted by Crippen LogP contribution is -2.13. The summed E-state index contributed by atoms with van der Waals surface area (Å²) in [5, 5.41) is 2.78. The van der Waals surface area contributed by atoms with Gasteiger partial charge in [-0.2, -0.15) is 0 Å². The highest BCUT2D eigenvalue weighted by molar-refractivity contribution is 9.10. The molecule has 19 heavy (non-hydrogen) atoms. The van der Waals surface area contributed by atoms with Crippen molar-refractivity contribution in [3.8, 4) is 0 Å². The average molecular weight is 407 g/mol. The Hall–Kier alpha value is -0.910. The molecule has 0 spiro atoms. The molecule has 1 N–H and O–H groups in total. The normalized spacial score (nSPS) is 10.3. The number of anilines is 1. The lowest BCUT2D eigenvalue weighted by atomic mass is 10.2. The molecule has 0 atom stereocenters. The Morgan fingerprint density at radius 1 is 1.11 bits per heavy atom. The van der Waals surface area contributed by atoms with Crippen molar-refractivity contribution in [3.05, 3.63) is 61.7 Å². The van der Waals surface area contributed by atoms with Crippen LogP contribution in [0.1, 0.15) is 10.4 Å². The van der Waals surface area contributed by atoms with Gasteiger partial charge in [0.15, 0.2) is 0 Å². The quantitative estimate of drug-likeness (QED) is 0.723. The second-order valence-electron chi connectivity index (χ2n) is 3.70. The Bertz CT molecular complexity index is 649. The molecule has 98 valence electrons. The van der Waals surface area contributed by atoms with Crippen molar-refractivity contribution in [3.63, 3.8) is 0 Å². The minimum absolute atomic E-state index is 0.104. The van der Waals surface area contributed by atoms with Gasteiger partial charge < -0.3 is 5.32 Å². The van der Waals surface area contributed by atoms with Gasteiger partial charge in [-0.05, 0) is 36.4 Å². The van der Waals surface area contributed by atoms with Crippen molar-refractivity contribution < 1.29 is 9.18 Å². The number of hydrogen-bond donors (Lipinski definition) is 1. The molecule has 0 heterocycles. The fourth-order valence-corrected chi connectivity index (χ4v) is 2.55. The molecule has 0 fully saturated rings. The Morgan fingerprint density at radius 3 is 2.37 bits per heavy atom. The standard InChI is InChI=1S/C13H7Br2ClFNO/c14-7-1-3-9(10(16)5-7)13(19)18-12-4-2-8(15)6-11(12)17/h1-6H,(H,18,19). The summed E-state index contributed by atoms with van der Waals surface area (Å²) in [4.78, 5) is 12.0. The monoisotopic (exact) mass is 405 g/mol. The van der Waals surface area contributed by atoms with Crippen LogP contribution in [0.25, 0.3) is 0 Å². The molecule has 0 aliphatic rings. The summed E-state index contributed by atoms with van der Waals surface area (Å²) < 4.78 is 15.0. The van der Waals surface area contributed by atoms with E-state index in [2.05, 4.69) is 37.2 Å². The topological polar surface area (TPSA) is 29.1 Å². The van der Waals surface area contributed by atoms with Crippen LogP contribution in [-0.2, 0) is 0 Å². The lowest BCUT2D eigenvalue weighted by molar-refractivity contribution is 0.102. The first-order chi connectivity index (χ1) is 8.97. The van der Waals surface area contributed by atoms with E-state index in [0.29, 0.717) is 9.50 Å². The van der Waals surface area contributed by atoms with Crippen molar-refractivity contribution in [1.29, 1.82) is 0 Å². The van der Waals surface area contributed by atoms with E-state index in [4.69, 9.17) is 11.6 Å². The van der Waals surface area contributed by atoms with E-state index in [1.165, 1.54) is 12.1 Å². The number of halogens is 4. The van der Waals surface area contributed by atoms with E-state index in [0.717, 1.165) is 4.47 Å². The summed E-state index contributed by atoms with van der Waals surface area (Å²) in [5.41, 5.74) is 0.388. The average Bonchev–Trinajstić information content (AvgIpc) is 2.32. The van der Waals surface area contributed by atoms with Gasteiger partial charge in [0.05, 0.1) is 16.3 Å².